The third-order valence-electron chi connectivity index (χ3n) is 6.94. The molecule has 1 aromatic rings. The zero-order valence-corrected chi connectivity index (χ0v) is 17.8. The van der Waals surface area contributed by atoms with Gasteiger partial charge in [0.2, 0.25) is 0 Å². The van der Waals surface area contributed by atoms with E-state index in [-0.39, 0.29) is 12.5 Å². The second kappa shape index (κ2) is 10.4. The summed E-state index contributed by atoms with van der Waals surface area (Å²) in [5.41, 5.74) is 1.15. The maximum absolute atomic E-state index is 12.3. The van der Waals surface area contributed by atoms with Crippen LogP contribution in [0.25, 0.3) is 0 Å². The Hall–Kier alpha value is -1.59. The first-order valence-electron chi connectivity index (χ1n) is 11.7. The number of carbonyl (C=O) groups is 1. The zero-order valence-electron chi connectivity index (χ0n) is 17.8. The summed E-state index contributed by atoms with van der Waals surface area (Å²) in [4.78, 5) is 16.9. The monoisotopic (exact) mass is 399 g/mol. The van der Waals surface area contributed by atoms with E-state index in [4.69, 9.17) is 4.74 Å². The van der Waals surface area contributed by atoms with Crippen molar-refractivity contribution in [2.24, 2.45) is 5.92 Å². The van der Waals surface area contributed by atoms with Crippen LogP contribution in [0, 0.1) is 5.92 Å². The van der Waals surface area contributed by atoms with Gasteiger partial charge in [0.05, 0.1) is 0 Å². The molecule has 0 unspecified atom stereocenters. The molecule has 0 radical (unpaired) electrons. The number of amides is 1. The Morgan fingerprint density at radius 3 is 2.45 bits per heavy atom. The van der Waals surface area contributed by atoms with Gasteiger partial charge in [-0.15, -0.1) is 0 Å². The molecule has 5 heteroatoms. The van der Waals surface area contributed by atoms with Gasteiger partial charge in [-0.3, -0.25) is 4.79 Å². The van der Waals surface area contributed by atoms with Crippen molar-refractivity contribution >= 4 is 5.91 Å². The van der Waals surface area contributed by atoms with Gasteiger partial charge in [-0.25, -0.2) is 0 Å². The van der Waals surface area contributed by atoms with Crippen LogP contribution in [0.1, 0.15) is 56.9 Å². The maximum atomic E-state index is 12.3. The SMILES string of the molecule is O=C(COc1ccccc1CNC1CCN(CC2CCCC2)CC1)N1CCCC1. The van der Waals surface area contributed by atoms with Gasteiger partial charge in [0, 0.05) is 37.8 Å². The number of rotatable bonds is 8. The molecule has 5 nitrogen and oxygen atoms in total. The molecule has 2 saturated heterocycles. The molecular weight excluding hydrogens is 362 g/mol. The molecule has 2 aliphatic heterocycles. The van der Waals surface area contributed by atoms with E-state index in [1.54, 1.807) is 0 Å². The Labute approximate surface area is 175 Å². The lowest BCUT2D eigenvalue weighted by Crippen LogP contribution is -2.43. The molecule has 2 heterocycles. The summed E-state index contributed by atoms with van der Waals surface area (Å²) in [5, 5.41) is 3.73. The van der Waals surface area contributed by atoms with E-state index in [1.807, 2.05) is 17.0 Å². The van der Waals surface area contributed by atoms with Crippen molar-refractivity contribution in [2.45, 2.75) is 64.0 Å². The van der Waals surface area contributed by atoms with Crippen LogP contribution in [0.15, 0.2) is 24.3 Å². The molecule has 160 valence electrons. The summed E-state index contributed by atoms with van der Waals surface area (Å²) in [6.07, 6.45) is 10.4. The molecule has 1 amide bonds. The highest BCUT2D eigenvalue weighted by Gasteiger charge is 2.23. The topological polar surface area (TPSA) is 44.8 Å². The quantitative estimate of drug-likeness (QED) is 0.727. The molecule has 1 aliphatic carbocycles. The Balaban J connectivity index is 1.20. The first-order valence-corrected chi connectivity index (χ1v) is 11.7. The lowest BCUT2D eigenvalue weighted by molar-refractivity contribution is -0.132. The number of benzene rings is 1. The summed E-state index contributed by atoms with van der Waals surface area (Å²) < 4.78 is 5.90. The summed E-state index contributed by atoms with van der Waals surface area (Å²) in [6, 6.07) is 8.71. The molecule has 0 bridgehead atoms. The van der Waals surface area contributed by atoms with Crippen molar-refractivity contribution in [2.75, 3.05) is 39.3 Å². The molecule has 3 aliphatic rings. The number of hydrogen-bond acceptors (Lipinski definition) is 4. The van der Waals surface area contributed by atoms with E-state index in [1.165, 1.54) is 58.2 Å². The van der Waals surface area contributed by atoms with E-state index in [0.717, 1.165) is 49.7 Å². The van der Waals surface area contributed by atoms with Gasteiger partial charge in [-0.2, -0.15) is 0 Å². The molecule has 0 aromatic heterocycles. The lowest BCUT2D eigenvalue weighted by atomic mass is 10.0. The number of carbonyl (C=O) groups excluding carboxylic acids is 1. The molecule has 1 N–H and O–H groups in total. The van der Waals surface area contributed by atoms with Crippen LogP contribution in [0.2, 0.25) is 0 Å². The van der Waals surface area contributed by atoms with Crippen LogP contribution in [0.4, 0.5) is 0 Å². The number of nitrogens with one attached hydrogen (secondary N) is 1. The molecule has 4 rings (SSSR count). The minimum Gasteiger partial charge on any atom is -0.483 e. The van der Waals surface area contributed by atoms with Crippen LogP contribution in [0.5, 0.6) is 5.75 Å². The van der Waals surface area contributed by atoms with Crippen molar-refractivity contribution in [1.82, 2.24) is 15.1 Å². The van der Waals surface area contributed by atoms with Crippen molar-refractivity contribution < 1.29 is 9.53 Å². The van der Waals surface area contributed by atoms with Gasteiger partial charge in [0.25, 0.3) is 5.91 Å². The third-order valence-corrected chi connectivity index (χ3v) is 6.94. The summed E-state index contributed by atoms with van der Waals surface area (Å²) in [6.45, 7) is 6.47. The van der Waals surface area contributed by atoms with Crippen molar-refractivity contribution in [3.05, 3.63) is 29.8 Å². The highest BCUT2D eigenvalue weighted by Crippen LogP contribution is 2.26. The molecular formula is C24H37N3O2. The van der Waals surface area contributed by atoms with Crippen LogP contribution in [0.3, 0.4) is 0 Å². The predicted molar refractivity (Wildman–Crippen MR) is 116 cm³/mol. The second-order valence-corrected chi connectivity index (χ2v) is 9.09. The number of hydrogen-bond donors (Lipinski definition) is 1. The van der Waals surface area contributed by atoms with Crippen LogP contribution >= 0.6 is 0 Å². The highest BCUT2D eigenvalue weighted by atomic mass is 16.5. The van der Waals surface area contributed by atoms with Gasteiger partial charge < -0.3 is 19.9 Å². The first-order chi connectivity index (χ1) is 14.3. The van der Waals surface area contributed by atoms with Gasteiger partial charge in [0.15, 0.2) is 6.61 Å². The number of piperidine rings is 1. The van der Waals surface area contributed by atoms with E-state index in [9.17, 15) is 4.79 Å². The number of ether oxygens (including phenoxy) is 1. The predicted octanol–water partition coefficient (Wildman–Crippen LogP) is 3.43. The lowest BCUT2D eigenvalue weighted by Gasteiger charge is -2.34. The average molecular weight is 400 g/mol. The molecule has 1 saturated carbocycles. The van der Waals surface area contributed by atoms with E-state index < -0.39 is 0 Å². The van der Waals surface area contributed by atoms with Gasteiger partial charge in [-0.1, -0.05) is 31.0 Å². The van der Waals surface area contributed by atoms with Crippen LogP contribution < -0.4 is 10.1 Å². The van der Waals surface area contributed by atoms with Gasteiger partial charge in [-0.05, 0) is 63.6 Å². The van der Waals surface area contributed by atoms with Gasteiger partial charge in [0.1, 0.15) is 5.75 Å². The van der Waals surface area contributed by atoms with Crippen molar-refractivity contribution in [3.8, 4) is 5.75 Å². The second-order valence-electron chi connectivity index (χ2n) is 9.09. The standard InChI is InChI=1S/C24H37N3O2/c28-24(27-13-5-6-14-27)19-29-23-10-4-3-9-21(23)17-25-22-11-15-26(16-12-22)18-20-7-1-2-8-20/h3-4,9-10,20,22,25H,1-2,5-8,11-19H2. The number of likely N-dealkylation sites (tertiary alicyclic amines) is 2. The minimum atomic E-state index is 0.111. The van der Waals surface area contributed by atoms with E-state index in [2.05, 4.69) is 22.3 Å². The van der Waals surface area contributed by atoms with Crippen molar-refractivity contribution in [3.63, 3.8) is 0 Å². The Morgan fingerprint density at radius 2 is 1.69 bits per heavy atom. The van der Waals surface area contributed by atoms with E-state index >= 15 is 0 Å². The zero-order chi connectivity index (χ0) is 19.9. The number of nitrogens with zero attached hydrogens (tertiary/aromatic N) is 2. The molecule has 3 fully saturated rings. The molecule has 0 spiro atoms. The summed E-state index contributed by atoms with van der Waals surface area (Å²) in [7, 11) is 0. The molecule has 0 atom stereocenters. The number of para-hydroxylation sites is 1. The molecule has 1 aromatic carbocycles. The third kappa shape index (κ3) is 5.95. The van der Waals surface area contributed by atoms with Crippen molar-refractivity contribution in [1.29, 1.82) is 0 Å². The maximum Gasteiger partial charge on any atom is 0.260 e. The fraction of sp³-hybridized carbons (Fsp3) is 0.708. The fourth-order valence-electron chi connectivity index (χ4n) is 5.12. The van der Waals surface area contributed by atoms with E-state index in [0.29, 0.717) is 6.04 Å². The summed E-state index contributed by atoms with van der Waals surface area (Å²) in [5.74, 6) is 1.90. The normalized spacial score (nSPS) is 21.7. The average Bonchev–Trinajstić information content (AvgIpc) is 3.46. The fourth-order valence-corrected chi connectivity index (χ4v) is 5.12. The van der Waals surface area contributed by atoms with Gasteiger partial charge >= 0.3 is 0 Å². The Kier molecular flexibility index (Phi) is 7.44. The molecule has 29 heavy (non-hydrogen) atoms. The minimum absolute atomic E-state index is 0.111. The smallest absolute Gasteiger partial charge is 0.260 e. The Morgan fingerprint density at radius 1 is 0.966 bits per heavy atom. The van der Waals surface area contributed by atoms with Crippen LogP contribution in [-0.4, -0.2) is 61.1 Å². The van der Waals surface area contributed by atoms with Crippen LogP contribution in [-0.2, 0) is 11.3 Å². The largest absolute Gasteiger partial charge is 0.483 e. The highest BCUT2D eigenvalue weighted by molar-refractivity contribution is 5.78. The summed E-state index contributed by atoms with van der Waals surface area (Å²) >= 11 is 0. The Bertz CT molecular complexity index is 645. The first kappa shape index (κ1) is 20.7.